The van der Waals surface area contributed by atoms with Crippen LogP contribution in [0.3, 0.4) is 0 Å². The van der Waals surface area contributed by atoms with Crippen LogP contribution in [0.15, 0.2) is 132 Å². The lowest BCUT2D eigenvalue weighted by Gasteiger charge is -2.31. The predicted molar refractivity (Wildman–Crippen MR) is 251 cm³/mol. The number of phenolic OH excluding ortho intramolecular Hbond substituents is 1. The van der Waals surface area contributed by atoms with Crippen molar-refractivity contribution in [1.29, 1.82) is 0 Å². The minimum atomic E-state index is -0.849. The van der Waals surface area contributed by atoms with E-state index in [1.807, 2.05) is 73.7 Å². The van der Waals surface area contributed by atoms with E-state index in [1.165, 1.54) is 12.1 Å². The number of nitrogens with zero attached hydrogens (tertiary/aromatic N) is 2. The molecule has 0 aliphatic carbocycles. The molecule has 3 amide bonds. The Morgan fingerprint density at radius 3 is 2.39 bits per heavy atom. The van der Waals surface area contributed by atoms with Crippen LogP contribution in [0.25, 0.3) is 22.0 Å². The highest BCUT2D eigenvalue weighted by Gasteiger charge is 2.24. The van der Waals surface area contributed by atoms with Crippen LogP contribution >= 0.6 is 0 Å². The number of fused-ring (bicyclic) bond motifs is 1. The molecule has 1 aromatic heterocycles. The van der Waals surface area contributed by atoms with Gasteiger partial charge in [0.05, 0.1) is 17.3 Å². The van der Waals surface area contributed by atoms with Gasteiger partial charge < -0.3 is 40.4 Å². The highest BCUT2D eigenvalue weighted by atomic mass is 16.6. The molecule has 0 spiro atoms. The maximum Gasteiger partial charge on any atom is 0.411 e. The van der Waals surface area contributed by atoms with Crippen molar-refractivity contribution >= 4 is 40.2 Å². The third-order valence-corrected chi connectivity index (χ3v) is 11.7. The first-order valence-corrected chi connectivity index (χ1v) is 21.8. The molecule has 332 valence electrons. The average Bonchev–Trinajstić information content (AvgIpc) is 3.31. The number of nitrogens with one attached hydrogen (secondary N) is 4. The molecule has 0 unspecified atom stereocenters. The molecule has 2 heterocycles. The number of hydrogen-bond donors (Lipinski definition) is 6. The van der Waals surface area contributed by atoms with Crippen molar-refractivity contribution < 1.29 is 29.3 Å². The van der Waals surface area contributed by atoms with Crippen LogP contribution in [0, 0.1) is 0 Å². The molecule has 1 aliphatic rings. The second kappa shape index (κ2) is 21.5. The summed E-state index contributed by atoms with van der Waals surface area (Å²) >= 11 is 0. The van der Waals surface area contributed by atoms with Gasteiger partial charge in [0.15, 0.2) is 0 Å². The average molecular weight is 865 g/mol. The monoisotopic (exact) mass is 864 g/mol. The van der Waals surface area contributed by atoms with Crippen molar-refractivity contribution in [2.24, 2.45) is 0 Å². The zero-order chi connectivity index (χ0) is 45.0. The van der Waals surface area contributed by atoms with Crippen molar-refractivity contribution in [1.82, 2.24) is 20.5 Å². The molecule has 13 heteroatoms. The Morgan fingerprint density at radius 1 is 0.875 bits per heavy atom. The van der Waals surface area contributed by atoms with Gasteiger partial charge in [-0.15, -0.1) is 0 Å². The van der Waals surface area contributed by atoms with Gasteiger partial charge >= 0.3 is 6.09 Å². The number of aliphatic hydroxyl groups excluding tert-OH is 1. The largest absolute Gasteiger partial charge is 0.506 e. The van der Waals surface area contributed by atoms with Crippen LogP contribution in [0.2, 0.25) is 0 Å². The quantitative estimate of drug-likeness (QED) is 0.0554. The highest BCUT2D eigenvalue weighted by Crippen LogP contribution is 2.30. The first kappa shape index (κ1) is 45.2. The lowest BCUT2D eigenvalue weighted by molar-refractivity contribution is -0.118. The molecule has 1 fully saturated rings. The molecular formula is C51H56N6O7. The summed E-state index contributed by atoms with van der Waals surface area (Å²) in [7, 11) is 1.74. The molecule has 2 atom stereocenters. The number of rotatable bonds is 17. The van der Waals surface area contributed by atoms with Crippen LogP contribution < -0.4 is 26.4 Å². The standard InChI is InChI=1S/C51H56N6O7/c1-34(53-33-46(59)42-19-21-45(58)49-43(42)20-22-47(60)55-49)31-36-10-8-9-35(32-36)23-27-52-50(62)38-15-17-39(18-16-38)56(2)48(61)26-30-57-28-24-40(25-29-57)64-51(63)54-44-14-7-6-13-41(44)37-11-4-3-5-12-37/h3-22,32,34,40,46,53,58-59H,23-31,33H2,1-2H3,(H,52,62)(H,54,63)(H,55,60)/t34-,46-/m1/s1. The minimum Gasteiger partial charge on any atom is -0.506 e. The lowest BCUT2D eigenvalue weighted by Crippen LogP contribution is -2.40. The summed E-state index contributed by atoms with van der Waals surface area (Å²) in [5, 5.41) is 31.0. The van der Waals surface area contributed by atoms with Gasteiger partial charge in [-0.05, 0) is 97.3 Å². The Kier molecular flexibility index (Phi) is 15.2. The number of aromatic nitrogens is 1. The van der Waals surface area contributed by atoms with Gasteiger partial charge in [0.2, 0.25) is 11.5 Å². The van der Waals surface area contributed by atoms with E-state index < -0.39 is 12.2 Å². The summed E-state index contributed by atoms with van der Waals surface area (Å²) < 4.78 is 5.78. The summed E-state index contributed by atoms with van der Waals surface area (Å²) in [6, 6.07) is 39.0. The molecule has 5 aromatic carbocycles. The van der Waals surface area contributed by atoms with Crippen molar-refractivity contribution in [2.45, 2.75) is 57.3 Å². The molecule has 0 saturated carbocycles. The number of carbonyl (C=O) groups excluding carboxylic acids is 3. The number of pyridine rings is 1. The number of H-pyrrole nitrogens is 1. The van der Waals surface area contributed by atoms with Crippen LogP contribution in [-0.4, -0.2) is 89.9 Å². The SMILES string of the molecule is C[C@H](Cc1cccc(CCNC(=O)c2ccc(N(C)C(=O)CCN3CCC(OC(=O)Nc4ccccc4-c4ccccc4)CC3)cc2)c1)NC[C@@H](O)c1ccc(O)c2[nH]c(=O)ccc12. The number of likely N-dealkylation sites (tertiary alicyclic amines) is 1. The summed E-state index contributed by atoms with van der Waals surface area (Å²) in [5.74, 6) is -0.269. The summed E-state index contributed by atoms with van der Waals surface area (Å²) in [6.45, 7) is 4.83. The Morgan fingerprint density at radius 2 is 1.61 bits per heavy atom. The fourth-order valence-electron chi connectivity index (χ4n) is 8.14. The number of piperidine rings is 1. The molecule has 64 heavy (non-hydrogen) atoms. The first-order valence-electron chi connectivity index (χ1n) is 21.8. The Bertz CT molecular complexity index is 2590. The predicted octanol–water partition coefficient (Wildman–Crippen LogP) is 7.19. The fraction of sp³-hybridized carbons (Fsp3) is 0.294. The van der Waals surface area contributed by atoms with Crippen molar-refractivity contribution in [3.63, 3.8) is 0 Å². The molecule has 7 rings (SSSR count). The van der Waals surface area contributed by atoms with Gasteiger partial charge in [-0.1, -0.05) is 78.9 Å². The molecular weight excluding hydrogens is 809 g/mol. The third-order valence-electron chi connectivity index (χ3n) is 11.7. The Hall–Kier alpha value is -6.80. The van der Waals surface area contributed by atoms with Gasteiger partial charge in [-0.25, -0.2) is 4.79 Å². The molecule has 1 saturated heterocycles. The third kappa shape index (κ3) is 12.0. The zero-order valence-electron chi connectivity index (χ0n) is 36.3. The Labute approximate surface area is 373 Å². The minimum absolute atomic E-state index is 0.0283. The number of ether oxygens (including phenoxy) is 1. The normalized spacial score (nSPS) is 14.1. The smallest absolute Gasteiger partial charge is 0.411 e. The van der Waals surface area contributed by atoms with Gasteiger partial charge in [-0.2, -0.15) is 0 Å². The number of carbonyl (C=O) groups is 3. The molecule has 1 aliphatic heterocycles. The van der Waals surface area contributed by atoms with Crippen LogP contribution in [0.4, 0.5) is 16.2 Å². The van der Waals surface area contributed by atoms with Crippen LogP contribution in [-0.2, 0) is 22.4 Å². The maximum atomic E-state index is 13.2. The molecule has 0 radical (unpaired) electrons. The van der Waals surface area contributed by atoms with Gasteiger partial charge in [-0.3, -0.25) is 19.7 Å². The van der Waals surface area contributed by atoms with Gasteiger partial charge in [0.25, 0.3) is 5.91 Å². The van der Waals surface area contributed by atoms with Crippen molar-refractivity contribution in [2.75, 3.05) is 50.0 Å². The summed E-state index contributed by atoms with van der Waals surface area (Å²) in [4.78, 5) is 57.2. The van der Waals surface area contributed by atoms with E-state index in [9.17, 15) is 29.4 Å². The van der Waals surface area contributed by atoms with Crippen molar-refractivity contribution in [3.8, 4) is 16.9 Å². The number of para-hydroxylation sites is 1. The number of phenols is 1. The first-order chi connectivity index (χ1) is 31.0. The van der Waals surface area contributed by atoms with E-state index >= 15 is 0 Å². The van der Waals surface area contributed by atoms with E-state index in [0.29, 0.717) is 72.2 Å². The Balaban J connectivity index is 0.791. The van der Waals surface area contributed by atoms with Gasteiger partial charge in [0, 0.05) is 80.5 Å². The summed E-state index contributed by atoms with van der Waals surface area (Å²) in [5.41, 5.74) is 6.64. The van der Waals surface area contributed by atoms with E-state index in [4.69, 9.17) is 4.74 Å². The number of amides is 3. The zero-order valence-corrected chi connectivity index (χ0v) is 36.3. The molecule has 6 N–H and O–H groups in total. The van der Waals surface area contributed by atoms with E-state index in [2.05, 4.69) is 38.0 Å². The number of hydrogen-bond acceptors (Lipinski definition) is 9. The molecule has 6 aromatic rings. The van der Waals surface area contributed by atoms with Crippen LogP contribution in [0.1, 0.15) is 59.3 Å². The molecule has 13 nitrogen and oxygen atoms in total. The summed E-state index contributed by atoms with van der Waals surface area (Å²) in [6.07, 6.45) is 1.57. The lowest BCUT2D eigenvalue weighted by atomic mass is 10.0. The van der Waals surface area contributed by atoms with Crippen LogP contribution in [0.5, 0.6) is 5.75 Å². The second-order valence-electron chi connectivity index (χ2n) is 16.4. The van der Waals surface area contributed by atoms with E-state index in [1.54, 1.807) is 48.3 Å². The van der Waals surface area contributed by atoms with E-state index in [-0.39, 0.29) is 41.8 Å². The highest BCUT2D eigenvalue weighted by molar-refractivity contribution is 5.96. The number of aromatic hydroxyl groups is 1. The molecule has 0 bridgehead atoms. The topological polar surface area (TPSA) is 176 Å². The number of aliphatic hydroxyl groups is 1. The number of anilines is 2. The maximum absolute atomic E-state index is 13.2. The second-order valence-corrected chi connectivity index (χ2v) is 16.4. The number of aromatic amines is 1. The van der Waals surface area contributed by atoms with Crippen molar-refractivity contribution in [3.05, 3.63) is 160 Å². The van der Waals surface area contributed by atoms with E-state index in [0.717, 1.165) is 41.8 Å². The fourth-order valence-corrected chi connectivity index (χ4v) is 8.14. The number of benzene rings is 5. The van der Waals surface area contributed by atoms with Gasteiger partial charge in [0.1, 0.15) is 11.9 Å².